The van der Waals surface area contributed by atoms with E-state index in [4.69, 9.17) is 0 Å². The first-order chi connectivity index (χ1) is 17.3. The smallest absolute Gasteiger partial charge is 0.393 e. The molecule has 2 aromatic carbocycles. The minimum atomic E-state index is -4.39. The lowest BCUT2D eigenvalue weighted by molar-refractivity contribution is -0.137. The standard InChI is InChI=1S/C28H31F3N4O/c29-28(30,31)21-12-9-20(10-13-21)25-16-26(35-27(34-25)32-17-18-5-2-1-3-6-18)33-24-8-4-7-19-11-14-22(36)15-23(19)24/h4,7-10,12-13,16,18,22,36H,1-3,5-6,11,14-15,17H2,(H2,32,33,34,35). The Morgan fingerprint density at radius 2 is 1.72 bits per heavy atom. The highest BCUT2D eigenvalue weighted by atomic mass is 19.4. The lowest BCUT2D eigenvalue weighted by atomic mass is 9.88. The number of aliphatic hydroxyl groups excluding tert-OH is 1. The Kier molecular flexibility index (Phi) is 7.14. The fraction of sp³-hybridized carbons (Fsp3) is 0.429. The molecule has 0 bridgehead atoms. The minimum Gasteiger partial charge on any atom is -0.393 e. The molecule has 5 rings (SSSR count). The molecular weight excluding hydrogens is 465 g/mol. The largest absolute Gasteiger partial charge is 0.416 e. The van der Waals surface area contributed by atoms with Crippen LogP contribution in [0.15, 0.2) is 48.5 Å². The Morgan fingerprint density at radius 1 is 0.944 bits per heavy atom. The molecule has 3 aromatic rings. The van der Waals surface area contributed by atoms with Crippen LogP contribution in [-0.4, -0.2) is 27.7 Å². The second-order valence-electron chi connectivity index (χ2n) is 9.89. The number of hydrogen-bond acceptors (Lipinski definition) is 5. The van der Waals surface area contributed by atoms with E-state index in [-0.39, 0.29) is 6.10 Å². The lowest BCUT2D eigenvalue weighted by Crippen LogP contribution is -2.20. The van der Waals surface area contributed by atoms with Gasteiger partial charge < -0.3 is 15.7 Å². The van der Waals surface area contributed by atoms with Gasteiger partial charge in [-0.1, -0.05) is 43.5 Å². The molecule has 1 aromatic heterocycles. The number of nitrogens with zero attached hydrogens (tertiary/aromatic N) is 2. The van der Waals surface area contributed by atoms with E-state index in [1.807, 2.05) is 12.1 Å². The normalized spacial score (nSPS) is 18.5. The van der Waals surface area contributed by atoms with E-state index in [1.165, 1.54) is 49.8 Å². The van der Waals surface area contributed by atoms with Gasteiger partial charge in [-0.05, 0) is 60.9 Å². The average molecular weight is 497 g/mol. The number of alkyl halides is 3. The van der Waals surface area contributed by atoms with Crippen molar-refractivity contribution in [3.05, 3.63) is 65.2 Å². The van der Waals surface area contributed by atoms with Crippen LogP contribution >= 0.6 is 0 Å². The third kappa shape index (κ3) is 5.81. The SMILES string of the molecule is OC1CCc2cccc(Nc3cc(-c4ccc(C(F)(F)F)cc4)nc(NCC4CCCCC4)n3)c2C1. The Balaban J connectivity index is 1.45. The number of halogens is 3. The summed E-state index contributed by atoms with van der Waals surface area (Å²) in [6.45, 7) is 0.767. The second kappa shape index (κ2) is 10.5. The number of rotatable bonds is 6. The fourth-order valence-corrected chi connectivity index (χ4v) is 5.22. The average Bonchev–Trinajstić information content (AvgIpc) is 2.88. The van der Waals surface area contributed by atoms with Crippen molar-refractivity contribution in [1.82, 2.24) is 9.97 Å². The lowest BCUT2D eigenvalue weighted by Gasteiger charge is -2.24. The van der Waals surface area contributed by atoms with Crippen LogP contribution in [0.2, 0.25) is 0 Å². The van der Waals surface area contributed by atoms with E-state index in [1.54, 1.807) is 6.07 Å². The van der Waals surface area contributed by atoms with Crippen molar-refractivity contribution in [3.8, 4) is 11.3 Å². The van der Waals surface area contributed by atoms with Crippen molar-refractivity contribution in [1.29, 1.82) is 0 Å². The van der Waals surface area contributed by atoms with Crippen molar-refractivity contribution < 1.29 is 18.3 Å². The maximum absolute atomic E-state index is 13.1. The van der Waals surface area contributed by atoms with Crippen LogP contribution < -0.4 is 10.6 Å². The van der Waals surface area contributed by atoms with E-state index in [0.717, 1.165) is 42.8 Å². The van der Waals surface area contributed by atoms with Crippen LogP contribution in [0.1, 0.15) is 55.2 Å². The first-order valence-electron chi connectivity index (χ1n) is 12.7. The summed E-state index contributed by atoms with van der Waals surface area (Å²) in [6, 6.07) is 12.8. The first-order valence-corrected chi connectivity index (χ1v) is 12.7. The van der Waals surface area contributed by atoms with E-state index < -0.39 is 11.7 Å². The Hall–Kier alpha value is -3.13. The predicted molar refractivity (Wildman–Crippen MR) is 135 cm³/mol. The highest BCUT2D eigenvalue weighted by Gasteiger charge is 2.30. The van der Waals surface area contributed by atoms with Gasteiger partial charge in [-0.3, -0.25) is 0 Å². The van der Waals surface area contributed by atoms with Gasteiger partial charge in [-0.2, -0.15) is 18.2 Å². The van der Waals surface area contributed by atoms with Gasteiger partial charge in [0.25, 0.3) is 0 Å². The van der Waals surface area contributed by atoms with Gasteiger partial charge in [-0.15, -0.1) is 0 Å². The van der Waals surface area contributed by atoms with Crippen molar-refractivity contribution in [3.63, 3.8) is 0 Å². The van der Waals surface area contributed by atoms with Gasteiger partial charge in [0.15, 0.2) is 0 Å². The van der Waals surface area contributed by atoms with Crippen LogP contribution in [0.3, 0.4) is 0 Å². The molecule has 1 saturated carbocycles. The fourth-order valence-electron chi connectivity index (χ4n) is 5.22. The highest BCUT2D eigenvalue weighted by molar-refractivity contribution is 5.69. The molecule has 0 saturated heterocycles. The van der Waals surface area contributed by atoms with Gasteiger partial charge in [0, 0.05) is 30.3 Å². The Labute approximate surface area is 209 Å². The number of benzene rings is 2. The number of aromatic nitrogens is 2. The molecule has 36 heavy (non-hydrogen) atoms. The molecule has 1 unspecified atom stereocenters. The second-order valence-corrected chi connectivity index (χ2v) is 9.89. The molecule has 190 valence electrons. The van der Waals surface area contributed by atoms with E-state index in [0.29, 0.717) is 35.4 Å². The number of aryl methyl sites for hydroxylation is 1. The van der Waals surface area contributed by atoms with Crippen molar-refractivity contribution in [2.45, 2.75) is 63.6 Å². The molecule has 3 N–H and O–H groups in total. The summed E-state index contributed by atoms with van der Waals surface area (Å²) in [5.74, 6) is 1.57. The van der Waals surface area contributed by atoms with Gasteiger partial charge in [0.05, 0.1) is 17.4 Å². The van der Waals surface area contributed by atoms with Gasteiger partial charge in [0.2, 0.25) is 5.95 Å². The summed E-state index contributed by atoms with van der Waals surface area (Å²) in [5.41, 5.74) is 3.59. The topological polar surface area (TPSA) is 70.1 Å². The Morgan fingerprint density at radius 3 is 2.47 bits per heavy atom. The van der Waals surface area contributed by atoms with Crippen LogP contribution in [-0.2, 0) is 19.0 Å². The molecule has 0 aliphatic heterocycles. The molecule has 1 fully saturated rings. The zero-order chi connectivity index (χ0) is 25.1. The molecular formula is C28H31F3N4O. The summed E-state index contributed by atoms with van der Waals surface area (Å²) in [7, 11) is 0. The highest BCUT2D eigenvalue weighted by Crippen LogP contribution is 2.33. The van der Waals surface area contributed by atoms with E-state index >= 15 is 0 Å². The predicted octanol–water partition coefficient (Wildman–Crippen LogP) is 6.75. The van der Waals surface area contributed by atoms with Crippen LogP contribution in [0.5, 0.6) is 0 Å². The summed E-state index contributed by atoms with van der Waals surface area (Å²) in [5, 5.41) is 17.0. The number of fused-ring (bicyclic) bond motifs is 1. The zero-order valence-corrected chi connectivity index (χ0v) is 20.1. The van der Waals surface area contributed by atoms with Crippen LogP contribution in [0.25, 0.3) is 11.3 Å². The van der Waals surface area contributed by atoms with Crippen molar-refractivity contribution in [2.75, 3.05) is 17.2 Å². The van der Waals surface area contributed by atoms with Gasteiger partial charge >= 0.3 is 6.18 Å². The molecule has 8 heteroatoms. The maximum atomic E-state index is 13.1. The Bertz CT molecular complexity index is 1190. The molecule has 0 spiro atoms. The molecule has 5 nitrogen and oxygen atoms in total. The maximum Gasteiger partial charge on any atom is 0.416 e. The number of anilines is 3. The summed E-state index contributed by atoms with van der Waals surface area (Å²) >= 11 is 0. The number of aliphatic hydroxyl groups is 1. The minimum absolute atomic E-state index is 0.374. The molecule has 0 amide bonds. The third-order valence-electron chi connectivity index (χ3n) is 7.23. The molecule has 1 atom stereocenters. The molecule has 2 aliphatic rings. The van der Waals surface area contributed by atoms with Gasteiger partial charge in [0.1, 0.15) is 5.82 Å². The zero-order valence-electron chi connectivity index (χ0n) is 20.1. The summed E-state index contributed by atoms with van der Waals surface area (Å²) in [6.07, 6.45) is 3.47. The van der Waals surface area contributed by atoms with Crippen LogP contribution in [0.4, 0.5) is 30.6 Å². The number of hydrogen-bond donors (Lipinski definition) is 3. The van der Waals surface area contributed by atoms with Gasteiger partial charge in [-0.25, -0.2) is 4.98 Å². The van der Waals surface area contributed by atoms with E-state index in [2.05, 4.69) is 26.7 Å². The summed E-state index contributed by atoms with van der Waals surface area (Å²) < 4.78 is 39.2. The molecule has 1 heterocycles. The van der Waals surface area contributed by atoms with Crippen molar-refractivity contribution >= 4 is 17.5 Å². The van der Waals surface area contributed by atoms with Crippen molar-refractivity contribution in [2.24, 2.45) is 5.92 Å². The van der Waals surface area contributed by atoms with Crippen LogP contribution in [0, 0.1) is 5.92 Å². The third-order valence-corrected chi connectivity index (χ3v) is 7.23. The monoisotopic (exact) mass is 496 g/mol. The van der Waals surface area contributed by atoms with E-state index in [9.17, 15) is 18.3 Å². The quantitative estimate of drug-likeness (QED) is 0.352. The molecule has 0 radical (unpaired) electrons. The summed E-state index contributed by atoms with van der Waals surface area (Å²) in [4.78, 5) is 9.33. The number of nitrogens with one attached hydrogen (secondary N) is 2. The molecule has 2 aliphatic carbocycles. The first kappa shape index (κ1) is 24.6.